The van der Waals surface area contributed by atoms with E-state index in [-0.39, 0.29) is 39.2 Å². The van der Waals surface area contributed by atoms with E-state index in [9.17, 15) is 14.4 Å². The molecule has 0 aliphatic carbocycles. The van der Waals surface area contributed by atoms with Gasteiger partial charge < -0.3 is 25.2 Å². The molecule has 0 radical (unpaired) electrons. The van der Waals surface area contributed by atoms with Crippen molar-refractivity contribution in [3.8, 4) is 0 Å². The van der Waals surface area contributed by atoms with Crippen molar-refractivity contribution in [2.24, 2.45) is 0 Å². The third kappa shape index (κ3) is 4.40. The van der Waals surface area contributed by atoms with Crippen LogP contribution in [0, 0.1) is 0 Å². The summed E-state index contributed by atoms with van der Waals surface area (Å²) >= 11 is 0. The average Bonchev–Trinajstić information content (AvgIpc) is 2.79. The minimum atomic E-state index is -1.38. The van der Waals surface area contributed by atoms with E-state index in [0.29, 0.717) is 0 Å². The number of nitrogens with one attached hydrogen (secondary N) is 2. The number of ether oxygens (including phenoxy) is 2. The molecule has 1 fully saturated rings. The number of carbonyl (C=O) groups excluding carboxylic acids is 2. The molecule has 0 saturated carbocycles. The first-order valence-corrected chi connectivity index (χ1v) is 6.03. The van der Waals surface area contributed by atoms with Crippen LogP contribution in [0.25, 0.3) is 0 Å². The van der Waals surface area contributed by atoms with Crippen molar-refractivity contribution in [3.63, 3.8) is 0 Å². The number of amides is 2. The van der Waals surface area contributed by atoms with Crippen LogP contribution in [0.5, 0.6) is 0 Å². The van der Waals surface area contributed by atoms with E-state index in [1.165, 1.54) is 0 Å². The highest BCUT2D eigenvalue weighted by molar-refractivity contribution is 5.86. The van der Waals surface area contributed by atoms with Gasteiger partial charge in [0.05, 0.1) is 19.6 Å². The molecular formula is C11H18N2O6. The molecular weight excluding hydrogens is 256 g/mol. The van der Waals surface area contributed by atoms with Crippen LogP contribution in [-0.2, 0) is 19.1 Å². The molecule has 19 heavy (non-hydrogen) atoms. The Morgan fingerprint density at radius 3 is 2.68 bits per heavy atom. The zero-order chi connectivity index (χ0) is 14.3. The summed E-state index contributed by atoms with van der Waals surface area (Å²) < 4.78 is 9.69. The van der Waals surface area contributed by atoms with Crippen molar-refractivity contribution < 1.29 is 29.0 Å². The number of urea groups is 1. The predicted molar refractivity (Wildman–Crippen MR) is 63.6 cm³/mol. The van der Waals surface area contributed by atoms with E-state index in [1.807, 2.05) is 0 Å². The maximum Gasteiger partial charge on any atom is 0.332 e. The van der Waals surface area contributed by atoms with Crippen LogP contribution in [0.4, 0.5) is 4.79 Å². The first-order valence-electron chi connectivity index (χ1n) is 6.03. The van der Waals surface area contributed by atoms with Crippen LogP contribution in [-0.4, -0.2) is 55.0 Å². The van der Waals surface area contributed by atoms with E-state index >= 15 is 0 Å². The number of carboxylic acid groups (broad SMARTS) is 1. The van der Waals surface area contributed by atoms with Gasteiger partial charge in [0.15, 0.2) is 5.54 Å². The second-order valence-electron chi connectivity index (χ2n) is 4.13. The minimum absolute atomic E-state index is 0.0395. The molecule has 0 bridgehead atoms. The summed E-state index contributed by atoms with van der Waals surface area (Å²) in [4.78, 5) is 33.7. The van der Waals surface area contributed by atoms with Gasteiger partial charge in [-0.1, -0.05) is 0 Å². The number of hydrogen-bond donors (Lipinski definition) is 3. The third-order valence-electron chi connectivity index (χ3n) is 2.70. The Kier molecular flexibility index (Phi) is 5.56. The van der Waals surface area contributed by atoms with Gasteiger partial charge in [-0.05, 0) is 6.92 Å². The molecule has 0 aromatic carbocycles. The molecule has 0 aromatic heterocycles. The third-order valence-corrected chi connectivity index (χ3v) is 2.70. The Labute approximate surface area is 110 Å². The van der Waals surface area contributed by atoms with Crippen LogP contribution in [0.1, 0.15) is 19.8 Å². The van der Waals surface area contributed by atoms with E-state index in [2.05, 4.69) is 10.6 Å². The molecule has 8 nitrogen and oxygen atoms in total. The molecule has 2 amide bonds. The quantitative estimate of drug-likeness (QED) is 0.562. The number of carbonyl (C=O) groups is 3. The lowest BCUT2D eigenvalue weighted by atomic mass is 9.99. The molecule has 8 heteroatoms. The fourth-order valence-corrected chi connectivity index (χ4v) is 1.66. The molecule has 1 atom stereocenters. The van der Waals surface area contributed by atoms with E-state index in [4.69, 9.17) is 14.6 Å². The Balaban J connectivity index is 2.34. The van der Waals surface area contributed by atoms with Gasteiger partial charge in [-0.25, -0.2) is 9.59 Å². The number of hydrogen-bond acceptors (Lipinski definition) is 5. The summed E-state index contributed by atoms with van der Waals surface area (Å²) in [6.07, 6.45) is 0.255. The standard InChI is InChI=1S/C11H18N2O6/c1-2-19-8(14)3-5-12-10(17)13-11(9(15)16)4-6-18-7-11/h2-7H2,1H3,(H,15,16)(H2,12,13,17). The summed E-state index contributed by atoms with van der Waals surface area (Å²) in [5, 5.41) is 13.9. The van der Waals surface area contributed by atoms with Gasteiger partial charge in [0.1, 0.15) is 0 Å². The smallest absolute Gasteiger partial charge is 0.332 e. The first kappa shape index (κ1) is 15.2. The highest BCUT2D eigenvalue weighted by atomic mass is 16.5. The van der Waals surface area contributed by atoms with Crippen molar-refractivity contribution in [1.82, 2.24) is 10.6 Å². The first-order chi connectivity index (χ1) is 9.00. The SMILES string of the molecule is CCOC(=O)CCNC(=O)NC1(C(=O)O)CCOC1. The largest absolute Gasteiger partial charge is 0.479 e. The second kappa shape index (κ2) is 6.93. The summed E-state index contributed by atoms with van der Waals surface area (Å²) in [6.45, 7) is 2.28. The summed E-state index contributed by atoms with van der Waals surface area (Å²) in [6, 6.07) is -0.641. The van der Waals surface area contributed by atoms with Gasteiger partial charge in [-0.2, -0.15) is 0 Å². The fourth-order valence-electron chi connectivity index (χ4n) is 1.66. The van der Waals surface area contributed by atoms with Gasteiger partial charge >= 0.3 is 18.0 Å². The van der Waals surface area contributed by atoms with E-state index in [1.54, 1.807) is 6.92 Å². The van der Waals surface area contributed by atoms with Crippen molar-refractivity contribution in [1.29, 1.82) is 0 Å². The molecule has 1 saturated heterocycles. The highest BCUT2D eigenvalue weighted by Crippen LogP contribution is 2.18. The molecule has 108 valence electrons. The zero-order valence-corrected chi connectivity index (χ0v) is 10.7. The van der Waals surface area contributed by atoms with E-state index in [0.717, 1.165) is 0 Å². The van der Waals surface area contributed by atoms with Gasteiger partial charge in [0.2, 0.25) is 0 Å². The summed E-state index contributed by atoms with van der Waals surface area (Å²) in [7, 11) is 0. The maximum atomic E-state index is 11.6. The van der Waals surface area contributed by atoms with Crippen molar-refractivity contribution in [3.05, 3.63) is 0 Å². The summed E-state index contributed by atoms with van der Waals surface area (Å²) in [5.74, 6) is -1.55. The fraction of sp³-hybridized carbons (Fsp3) is 0.727. The lowest BCUT2D eigenvalue weighted by Gasteiger charge is -2.23. The molecule has 0 aromatic rings. The molecule has 3 N–H and O–H groups in total. The minimum Gasteiger partial charge on any atom is -0.479 e. The monoisotopic (exact) mass is 274 g/mol. The highest BCUT2D eigenvalue weighted by Gasteiger charge is 2.43. The molecule has 0 spiro atoms. The Morgan fingerprint density at radius 1 is 1.42 bits per heavy atom. The summed E-state index contributed by atoms with van der Waals surface area (Å²) in [5.41, 5.74) is -1.38. The lowest BCUT2D eigenvalue weighted by Crippen LogP contribution is -2.57. The van der Waals surface area contributed by atoms with Gasteiger partial charge in [0, 0.05) is 19.6 Å². The maximum absolute atomic E-state index is 11.6. The van der Waals surface area contributed by atoms with Crippen molar-refractivity contribution in [2.75, 3.05) is 26.4 Å². The van der Waals surface area contributed by atoms with Crippen LogP contribution in [0.3, 0.4) is 0 Å². The topological polar surface area (TPSA) is 114 Å². The average molecular weight is 274 g/mol. The second-order valence-corrected chi connectivity index (χ2v) is 4.13. The Morgan fingerprint density at radius 2 is 2.16 bits per heavy atom. The molecule has 1 heterocycles. The molecule has 1 aliphatic rings. The van der Waals surface area contributed by atoms with E-state index < -0.39 is 23.5 Å². The number of rotatable bonds is 6. The lowest BCUT2D eigenvalue weighted by molar-refractivity contribution is -0.145. The van der Waals surface area contributed by atoms with Crippen molar-refractivity contribution >= 4 is 18.0 Å². The number of esters is 1. The normalized spacial score (nSPS) is 21.7. The van der Waals surface area contributed by atoms with Crippen LogP contribution in [0.2, 0.25) is 0 Å². The Hall–Kier alpha value is -1.83. The Bertz CT molecular complexity index is 351. The molecule has 1 rings (SSSR count). The molecule has 1 aliphatic heterocycles. The number of carboxylic acids is 1. The van der Waals surface area contributed by atoms with Crippen LogP contribution in [0.15, 0.2) is 0 Å². The predicted octanol–water partition coefficient (Wildman–Crippen LogP) is -0.517. The zero-order valence-electron chi connectivity index (χ0n) is 10.7. The van der Waals surface area contributed by atoms with Crippen LogP contribution >= 0.6 is 0 Å². The number of aliphatic carboxylic acids is 1. The van der Waals surface area contributed by atoms with Gasteiger partial charge in [0.25, 0.3) is 0 Å². The van der Waals surface area contributed by atoms with Gasteiger partial charge in [-0.3, -0.25) is 4.79 Å². The van der Waals surface area contributed by atoms with Crippen molar-refractivity contribution in [2.45, 2.75) is 25.3 Å². The van der Waals surface area contributed by atoms with Gasteiger partial charge in [-0.15, -0.1) is 0 Å². The molecule has 1 unspecified atom stereocenters. The van der Waals surface area contributed by atoms with Crippen LogP contribution < -0.4 is 10.6 Å².